The van der Waals surface area contributed by atoms with Crippen LogP contribution in [0, 0.1) is 17.3 Å². The molecule has 40 heavy (non-hydrogen) atoms. The van der Waals surface area contributed by atoms with Crippen LogP contribution in [0.1, 0.15) is 75.6 Å². The van der Waals surface area contributed by atoms with Crippen LogP contribution < -0.4 is 10.1 Å². The zero-order valence-corrected chi connectivity index (χ0v) is 23.5. The highest BCUT2D eigenvalue weighted by Gasteiger charge is 2.58. The van der Waals surface area contributed by atoms with Crippen LogP contribution in [0.4, 0.5) is 13.2 Å². The van der Waals surface area contributed by atoms with Crippen LogP contribution in [-0.2, 0) is 22.3 Å². The summed E-state index contributed by atoms with van der Waals surface area (Å²) in [7, 11) is 1.39. The molecule has 0 aromatic heterocycles. The number of halogens is 3. The van der Waals surface area contributed by atoms with E-state index in [-0.39, 0.29) is 23.9 Å². The SMILES string of the molecule is COc1ccc(C(F)(F)F)c(CN[C@@H]2[C@@H](C(C)(C)C)[C@H](C(=O)O)N(C(=O)C3CCCCC3)[C@@H]2c2ccccc2)c1. The highest BCUT2D eigenvalue weighted by molar-refractivity contribution is 5.87. The average Bonchev–Trinajstić information content (AvgIpc) is 3.28. The number of hydrogen-bond acceptors (Lipinski definition) is 4. The maximum atomic E-state index is 14.1. The van der Waals surface area contributed by atoms with Crippen molar-refractivity contribution in [3.05, 3.63) is 65.2 Å². The van der Waals surface area contributed by atoms with E-state index >= 15 is 0 Å². The third kappa shape index (κ3) is 6.14. The van der Waals surface area contributed by atoms with Crippen molar-refractivity contribution < 1.29 is 32.6 Å². The lowest BCUT2D eigenvalue weighted by Gasteiger charge is -2.36. The first-order chi connectivity index (χ1) is 18.8. The number of hydrogen-bond donors (Lipinski definition) is 2. The molecule has 1 aliphatic heterocycles. The Kier molecular flexibility index (Phi) is 8.83. The van der Waals surface area contributed by atoms with Gasteiger partial charge in [-0.1, -0.05) is 70.4 Å². The summed E-state index contributed by atoms with van der Waals surface area (Å²) in [4.78, 5) is 28.6. The van der Waals surface area contributed by atoms with Gasteiger partial charge in [0.25, 0.3) is 0 Å². The molecule has 0 radical (unpaired) electrons. The minimum atomic E-state index is -4.58. The number of ether oxygens (including phenoxy) is 1. The van der Waals surface area contributed by atoms with E-state index in [0.717, 1.165) is 30.9 Å². The molecule has 4 rings (SSSR count). The fourth-order valence-corrected chi connectivity index (χ4v) is 6.64. The Balaban J connectivity index is 1.82. The first-order valence-electron chi connectivity index (χ1n) is 13.9. The van der Waals surface area contributed by atoms with Crippen LogP contribution in [0.5, 0.6) is 5.75 Å². The predicted molar refractivity (Wildman–Crippen MR) is 146 cm³/mol. The summed E-state index contributed by atoms with van der Waals surface area (Å²) in [6.07, 6.45) is -0.282. The van der Waals surface area contributed by atoms with Gasteiger partial charge in [-0.2, -0.15) is 13.2 Å². The first-order valence-corrected chi connectivity index (χ1v) is 13.9. The van der Waals surface area contributed by atoms with Crippen molar-refractivity contribution in [3.63, 3.8) is 0 Å². The summed E-state index contributed by atoms with van der Waals surface area (Å²) in [5, 5.41) is 13.9. The fourth-order valence-electron chi connectivity index (χ4n) is 6.64. The highest BCUT2D eigenvalue weighted by Crippen LogP contribution is 2.49. The van der Waals surface area contributed by atoms with Gasteiger partial charge >= 0.3 is 12.1 Å². The van der Waals surface area contributed by atoms with E-state index in [1.54, 1.807) is 0 Å². The van der Waals surface area contributed by atoms with Gasteiger partial charge in [-0.05, 0) is 47.6 Å². The second-order valence-electron chi connectivity index (χ2n) is 12.0. The van der Waals surface area contributed by atoms with Gasteiger partial charge in [0, 0.05) is 24.4 Å². The molecule has 2 aliphatic rings. The number of benzene rings is 2. The zero-order chi connectivity index (χ0) is 29.2. The number of alkyl halides is 3. The van der Waals surface area contributed by atoms with Crippen LogP contribution >= 0.6 is 0 Å². The summed E-state index contributed by atoms with van der Waals surface area (Å²) < 4.78 is 47.0. The molecule has 1 saturated carbocycles. The lowest BCUT2D eigenvalue weighted by molar-refractivity contribution is -0.154. The summed E-state index contributed by atoms with van der Waals surface area (Å²) >= 11 is 0. The van der Waals surface area contributed by atoms with Crippen molar-refractivity contribution >= 4 is 11.9 Å². The first kappa shape index (κ1) is 29.9. The number of aliphatic carboxylic acids is 1. The molecule has 2 N–H and O–H groups in total. The van der Waals surface area contributed by atoms with Crippen molar-refractivity contribution in [2.24, 2.45) is 17.3 Å². The number of carboxylic acids is 1. The van der Waals surface area contributed by atoms with E-state index in [0.29, 0.717) is 18.6 Å². The smallest absolute Gasteiger partial charge is 0.416 e. The molecule has 2 aromatic rings. The van der Waals surface area contributed by atoms with Crippen LogP contribution in [0.3, 0.4) is 0 Å². The molecule has 1 amide bonds. The number of carbonyl (C=O) groups excluding carboxylic acids is 1. The molecule has 4 atom stereocenters. The molecule has 2 aromatic carbocycles. The van der Waals surface area contributed by atoms with E-state index in [4.69, 9.17) is 4.74 Å². The van der Waals surface area contributed by atoms with Crippen molar-refractivity contribution in [3.8, 4) is 5.75 Å². The summed E-state index contributed by atoms with van der Waals surface area (Å²) in [6, 6.07) is 10.4. The van der Waals surface area contributed by atoms with E-state index in [1.807, 2.05) is 51.1 Å². The predicted octanol–water partition coefficient (Wildman–Crippen LogP) is 6.45. The molecule has 1 saturated heterocycles. The fraction of sp³-hybridized carbons (Fsp3) is 0.548. The van der Waals surface area contributed by atoms with Crippen LogP contribution in [0.25, 0.3) is 0 Å². The summed E-state index contributed by atoms with van der Waals surface area (Å²) in [6.45, 7) is 5.59. The molecule has 1 heterocycles. The van der Waals surface area contributed by atoms with Gasteiger partial charge in [0.1, 0.15) is 11.8 Å². The van der Waals surface area contributed by atoms with Gasteiger partial charge < -0.3 is 20.1 Å². The minimum absolute atomic E-state index is 0.00440. The van der Waals surface area contributed by atoms with Crippen molar-refractivity contribution in [2.75, 3.05) is 7.11 Å². The lowest BCUT2D eigenvalue weighted by atomic mass is 9.72. The quantitative estimate of drug-likeness (QED) is 0.407. The van der Waals surface area contributed by atoms with E-state index < -0.39 is 47.2 Å². The standard InChI is InChI=1S/C31H39F3N2O4/c1-30(2,3)24-25(35-18-21-17-22(40-4)15-16-23(21)31(32,33)34)26(19-11-7-5-8-12-19)36(27(24)29(38)39)28(37)20-13-9-6-10-14-20/h5,7-8,11-12,15-17,20,24-27,35H,6,9-10,13-14,18H2,1-4H3,(H,38,39)/t24-,25-,26-,27-/m1/s1. The van der Waals surface area contributed by atoms with Gasteiger partial charge in [0.15, 0.2) is 0 Å². The van der Waals surface area contributed by atoms with Gasteiger partial charge in [-0.15, -0.1) is 0 Å². The summed E-state index contributed by atoms with van der Waals surface area (Å²) in [5.74, 6) is -1.84. The second kappa shape index (κ2) is 11.8. The molecule has 0 unspecified atom stereocenters. The number of rotatable bonds is 7. The number of carboxylic acid groups (broad SMARTS) is 1. The van der Waals surface area contributed by atoms with Crippen LogP contribution in [0.15, 0.2) is 48.5 Å². The Labute approximate surface area is 233 Å². The molecule has 9 heteroatoms. The van der Waals surface area contributed by atoms with Crippen molar-refractivity contribution in [2.45, 2.75) is 83.7 Å². The largest absolute Gasteiger partial charge is 0.497 e. The molecular weight excluding hydrogens is 521 g/mol. The number of likely N-dealkylation sites (tertiary alicyclic amines) is 1. The summed E-state index contributed by atoms with van der Waals surface area (Å²) in [5.41, 5.74) is -0.622. The van der Waals surface area contributed by atoms with E-state index in [1.165, 1.54) is 24.1 Å². The van der Waals surface area contributed by atoms with E-state index in [9.17, 15) is 27.9 Å². The Bertz CT molecular complexity index is 1190. The van der Waals surface area contributed by atoms with Gasteiger partial charge in [-0.3, -0.25) is 4.79 Å². The highest BCUT2D eigenvalue weighted by atomic mass is 19.4. The third-order valence-electron chi connectivity index (χ3n) is 8.42. The van der Waals surface area contributed by atoms with Gasteiger partial charge in [-0.25, -0.2) is 4.79 Å². The third-order valence-corrected chi connectivity index (χ3v) is 8.42. The molecular formula is C31H39F3N2O4. The monoisotopic (exact) mass is 560 g/mol. The maximum Gasteiger partial charge on any atom is 0.416 e. The normalized spacial score (nSPS) is 24.2. The minimum Gasteiger partial charge on any atom is -0.497 e. The molecule has 218 valence electrons. The van der Waals surface area contributed by atoms with Gasteiger partial charge in [0.05, 0.1) is 18.7 Å². The number of methoxy groups -OCH3 is 1. The number of amides is 1. The van der Waals surface area contributed by atoms with Crippen LogP contribution in [-0.4, -0.2) is 41.1 Å². The average molecular weight is 561 g/mol. The molecule has 6 nitrogen and oxygen atoms in total. The molecule has 2 fully saturated rings. The van der Waals surface area contributed by atoms with Crippen LogP contribution in [0.2, 0.25) is 0 Å². The van der Waals surface area contributed by atoms with Gasteiger partial charge in [0.2, 0.25) is 5.91 Å². The number of nitrogens with zero attached hydrogens (tertiary/aromatic N) is 1. The maximum absolute atomic E-state index is 14.1. The van der Waals surface area contributed by atoms with Crippen molar-refractivity contribution in [1.29, 1.82) is 0 Å². The molecule has 0 bridgehead atoms. The Morgan fingerprint density at radius 3 is 2.23 bits per heavy atom. The molecule has 1 aliphatic carbocycles. The Morgan fingerprint density at radius 1 is 1.02 bits per heavy atom. The van der Waals surface area contributed by atoms with Crippen molar-refractivity contribution in [1.82, 2.24) is 10.2 Å². The zero-order valence-electron chi connectivity index (χ0n) is 23.5. The van der Waals surface area contributed by atoms with E-state index in [2.05, 4.69) is 5.32 Å². The molecule has 0 spiro atoms. The second-order valence-corrected chi connectivity index (χ2v) is 12.0. The topological polar surface area (TPSA) is 78.9 Å². The Morgan fingerprint density at radius 2 is 1.68 bits per heavy atom. The number of nitrogens with one attached hydrogen (secondary N) is 1. The number of carbonyl (C=O) groups is 2. The Hall–Kier alpha value is -3.07. The lowest BCUT2D eigenvalue weighted by Crippen LogP contribution is -2.49.